The van der Waals surface area contributed by atoms with Crippen LogP contribution in [0.25, 0.3) is 0 Å². The predicted octanol–water partition coefficient (Wildman–Crippen LogP) is 3.16. The lowest BCUT2D eigenvalue weighted by molar-refractivity contribution is -0.149. The first-order valence-corrected chi connectivity index (χ1v) is 6.71. The Morgan fingerprint density at radius 1 is 1.22 bits per heavy atom. The zero-order chi connectivity index (χ0) is 12.5. The second-order valence-electron chi connectivity index (χ2n) is 5.16. The summed E-state index contributed by atoms with van der Waals surface area (Å²) in [5, 5.41) is 0. The lowest BCUT2D eigenvalue weighted by Crippen LogP contribution is -2.28. The molecule has 2 bridgehead atoms. The van der Waals surface area contributed by atoms with Crippen molar-refractivity contribution >= 4 is 5.97 Å². The maximum atomic E-state index is 12.2. The molecule has 2 aliphatic rings. The maximum absolute atomic E-state index is 12.2. The Morgan fingerprint density at radius 2 is 1.94 bits per heavy atom. The van der Waals surface area contributed by atoms with Crippen LogP contribution in [0.5, 0.6) is 0 Å². The van der Waals surface area contributed by atoms with Crippen LogP contribution in [0, 0.1) is 17.8 Å². The van der Waals surface area contributed by atoms with Crippen molar-refractivity contribution in [2.24, 2.45) is 17.8 Å². The van der Waals surface area contributed by atoms with Crippen LogP contribution in [0.3, 0.4) is 0 Å². The molecule has 0 aliphatic heterocycles. The van der Waals surface area contributed by atoms with Crippen molar-refractivity contribution in [2.45, 2.75) is 19.3 Å². The van der Waals surface area contributed by atoms with Gasteiger partial charge in [-0.1, -0.05) is 42.5 Å². The molecule has 2 nitrogen and oxygen atoms in total. The number of rotatable bonds is 3. The van der Waals surface area contributed by atoms with Crippen molar-refractivity contribution in [3.05, 3.63) is 48.0 Å². The molecule has 0 amide bonds. The minimum absolute atomic E-state index is 0.0161. The molecule has 0 aromatic heterocycles. The molecule has 0 N–H and O–H groups in total. The Balaban J connectivity index is 1.92. The van der Waals surface area contributed by atoms with Gasteiger partial charge < -0.3 is 4.74 Å². The van der Waals surface area contributed by atoms with E-state index in [2.05, 4.69) is 24.3 Å². The number of esters is 1. The Labute approximate surface area is 108 Å². The van der Waals surface area contributed by atoms with Crippen molar-refractivity contribution in [3.8, 4) is 0 Å². The largest absolute Gasteiger partial charge is 0.466 e. The number of fused-ring (bicyclic) bond motifs is 2. The van der Waals surface area contributed by atoms with Crippen LogP contribution in [-0.2, 0) is 9.53 Å². The highest BCUT2D eigenvalue weighted by molar-refractivity contribution is 5.75. The highest BCUT2D eigenvalue weighted by Gasteiger charge is 2.49. The van der Waals surface area contributed by atoms with E-state index in [1.807, 2.05) is 25.1 Å². The summed E-state index contributed by atoms with van der Waals surface area (Å²) in [6, 6.07) is 10.4. The van der Waals surface area contributed by atoms with E-state index < -0.39 is 0 Å². The number of carbonyl (C=O) groups is 1. The highest BCUT2D eigenvalue weighted by Crippen LogP contribution is 2.53. The van der Waals surface area contributed by atoms with Crippen LogP contribution < -0.4 is 0 Å². The average Bonchev–Trinajstić information content (AvgIpc) is 3.00. The summed E-state index contributed by atoms with van der Waals surface area (Å²) in [4.78, 5) is 12.2. The Hall–Kier alpha value is -1.57. The van der Waals surface area contributed by atoms with E-state index in [4.69, 9.17) is 4.74 Å². The third-order valence-corrected chi connectivity index (χ3v) is 4.20. The Kier molecular flexibility index (Phi) is 2.94. The molecular weight excluding hydrogens is 224 g/mol. The number of hydrogen-bond donors (Lipinski definition) is 0. The van der Waals surface area contributed by atoms with Crippen molar-refractivity contribution < 1.29 is 9.53 Å². The molecule has 0 heterocycles. The van der Waals surface area contributed by atoms with Gasteiger partial charge in [-0.2, -0.15) is 0 Å². The fourth-order valence-electron chi connectivity index (χ4n) is 3.51. The molecule has 3 rings (SSSR count). The van der Waals surface area contributed by atoms with Gasteiger partial charge in [0.25, 0.3) is 0 Å². The molecule has 2 heteroatoms. The van der Waals surface area contributed by atoms with E-state index >= 15 is 0 Å². The fraction of sp³-hybridized carbons (Fsp3) is 0.438. The molecule has 4 unspecified atom stereocenters. The summed E-state index contributed by atoms with van der Waals surface area (Å²) in [7, 11) is 0. The van der Waals surface area contributed by atoms with Gasteiger partial charge in [0.05, 0.1) is 12.5 Å². The molecule has 1 aromatic carbocycles. The minimum atomic E-state index is -0.0248. The normalized spacial score (nSPS) is 32.7. The highest BCUT2D eigenvalue weighted by atomic mass is 16.5. The fourth-order valence-corrected chi connectivity index (χ4v) is 3.51. The predicted molar refractivity (Wildman–Crippen MR) is 70.0 cm³/mol. The summed E-state index contributed by atoms with van der Waals surface area (Å²) < 4.78 is 5.26. The third-order valence-electron chi connectivity index (χ3n) is 4.20. The quantitative estimate of drug-likeness (QED) is 0.601. The third kappa shape index (κ3) is 1.76. The minimum Gasteiger partial charge on any atom is -0.466 e. The van der Waals surface area contributed by atoms with Gasteiger partial charge in [0.1, 0.15) is 0 Å². The lowest BCUT2D eigenvalue weighted by Gasteiger charge is -2.26. The molecule has 1 aromatic rings. The summed E-state index contributed by atoms with van der Waals surface area (Å²) in [6.45, 7) is 2.34. The van der Waals surface area contributed by atoms with Crippen LogP contribution in [0.2, 0.25) is 0 Å². The Bertz CT molecular complexity index is 463. The SMILES string of the molecule is CCOC(=O)C1C2C=CC(C2)C1c1ccccc1. The molecule has 0 spiro atoms. The van der Waals surface area contributed by atoms with Gasteiger partial charge in [0, 0.05) is 5.92 Å². The van der Waals surface area contributed by atoms with Crippen LogP contribution in [0.4, 0.5) is 0 Å². The zero-order valence-corrected chi connectivity index (χ0v) is 10.6. The lowest BCUT2D eigenvalue weighted by atomic mass is 9.78. The number of ether oxygens (including phenoxy) is 1. The number of hydrogen-bond acceptors (Lipinski definition) is 2. The second-order valence-corrected chi connectivity index (χ2v) is 5.16. The van der Waals surface area contributed by atoms with E-state index in [-0.39, 0.29) is 11.9 Å². The van der Waals surface area contributed by atoms with E-state index in [1.54, 1.807) is 0 Å². The first-order chi connectivity index (χ1) is 8.81. The molecule has 2 aliphatic carbocycles. The van der Waals surface area contributed by atoms with Crippen molar-refractivity contribution in [1.82, 2.24) is 0 Å². The number of allylic oxidation sites excluding steroid dienone is 2. The summed E-state index contributed by atoms with van der Waals surface area (Å²) in [5.74, 6) is 1.18. The topological polar surface area (TPSA) is 26.3 Å². The molecule has 1 fully saturated rings. The van der Waals surface area contributed by atoms with Crippen molar-refractivity contribution in [3.63, 3.8) is 0 Å². The summed E-state index contributed by atoms with van der Waals surface area (Å²) in [5.41, 5.74) is 1.27. The first kappa shape index (κ1) is 11.5. The standard InChI is InChI=1S/C16H18O2/c1-2-18-16(17)15-13-9-8-12(10-13)14(15)11-6-4-3-5-7-11/h3-9,12-15H,2,10H2,1H3. The number of benzene rings is 1. The average molecular weight is 242 g/mol. The van der Waals surface area contributed by atoms with E-state index in [1.165, 1.54) is 5.56 Å². The molecular formula is C16H18O2. The van der Waals surface area contributed by atoms with Crippen LogP contribution >= 0.6 is 0 Å². The van der Waals surface area contributed by atoms with Crippen LogP contribution in [0.1, 0.15) is 24.8 Å². The van der Waals surface area contributed by atoms with E-state index in [0.717, 1.165) is 6.42 Å². The van der Waals surface area contributed by atoms with E-state index in [9.17, 15) is 4.79 Å². The van der Waals surface area contributed by atoms with Gasteiger partial charge >= 0.3 is 5.97 Å². The van der Waals surface area contributed by atoms with Gasteiger partial charge in [0.15, 0.2) is 0 Å². The number of carbonyl (C=O) groups excluding carboxylic acids is 1. The smallest absolute Gasteiger partial charge is 0.310 e. The van der Waals surface area contributed by atoms with Gasteiger partial charge in [0.2, 0.25) is 0 Å². The molecule has 0 radical (unpaired) electrons. The molecule has 94 valence electrons. The molecule has 18 heavy (non-hydrogen) atoms. The van der Waals surface area contributed by atoms with Gasteiger partial charge in [-0.05, 0) is 30.7 Å². The Morgan fingerprint density at radius 3 is 2.67 bits per heavy atom. The van der Waals surface area contributed by atoms with Gasteiger partial charge in [-0.3, -0.25) is 4.79 Å². The molecule has 4 atom stereocenters. The second kappa shape index (κ2) is 4.60. The van der Waals surface area contributed by atoms with E-state index in [0.29, 0.717) is 24.4 Å². The summed E-state index contributed by atoms with van der Waals surface area (Å²) >= 11 is 0. The van der Waals surface area contributed by atoms with Crippen molar-refractivity contribution in [1.29, 1.82) is 0 Å². The summed E-state index contributed by atoms with van der Waals surface area (Å²) in [6.07, 6.45) is 5.58. The molecule has 0 saturated heterocycles. The van der Waals surface area contributed by atoms with Gasteiger partial charge in [-0.25, -0.2) is 0 Å². The first-order valence-electron chi connectivity index (χ1n) is 6.71. The zero-order valence-electron chi connectivity index (χ0n) is 10.6. The van der Waals surface area contributed by atoms with Crippen LogP contribution in [0.15, 0.2) is 42.5 Å². The molecule has 1 saturated carbocycles. The monoisotopic (exact) mass is 242 g/mol. The van der Waals surface area contributed by atoms with Crippen molar-refractivity contribution in [2.75, 3.05) is 6.61 Å². The van der Waals surface area contributed by atoms with Crippen LogP contribution in [-0.4, -0.2) is 12.6 Å². The maximum Gasteiger partial charge on any atom is 0.310 e. The van der Waals surface area contributed by atoms with Gasteiger partial charge in [-0.15, -0.1) is 0 Å².